The first-order valence-electron chi connectivity index (χ1n) is 6.41. The molecule has 2 aromatic carbocycles. The second-order valence-corrected chi connectivity index (χ2v) is 5.81. The van der Waals surface area contributed by atoms with Crippen LogP contribution >= 0.6 is 28.1 Å². The van der Waals surface area contributed by atoms with E-state index in [1.165, 1.54) is 0 Å². The van der Waals surface area contributed by atoms with Gasteiger partial charge >= 0.3 is 0 Å². The lowest BCUT2D eigenvalue weighted by Crippen LogP contribution is -2.04. The van der Waals surface area contributed by atoms with Gasteiger partial charge in [0.25, 0.3) is 0 Å². The number of halogens is 1. The van der Waals surface area contributed by atoms with Crippen LogP contribution in [0, 0.1) is 0 Å². The van der Waals surface area contributed by atoms with Gasteiger partial charge in [-0.25, -0.2) is 0 Å². The molecule has 0 saturated carbocycles. The molecule has 3 rings (SSSR count). The number of nitrogens with one attached hydrogen (secondary N) is 2. The van der Waals surface area contributed by atoms with Crippen molar-refractivity contribution in [3.63, 3.8) is 0 Å². The molecule has 22 heavy (non-hydrogen) atoms. The second kappa shape index (κ2) is 6.25. The van der Waals surface area contributed by atoms with Gasteiger partial charge in [-0.3, -0.25) is 0 Å². The van der Waals surface area contributed by atoms with Crippen LogP contribution in [0.5, 0.6) is 5.88 Å². The maximum Gasteiger partial charge on any atom is 0.218 e. The highest BCUT2D eigenvalue weighted by Gasteiger charge is 2.09. The van der Waals surface area contributed by atoms with Crippen LogP contribution in [0.15, 0.2) is 63.2 Å². The van der Waals surface area contributed by atoms with E-state index in [1.54, 1.807) is 0 Å². The van der Waals surface area contributed by atoms with E-state index in [9.17, 15) is 5.11 Å². The lowest BCUT2D eigenvalue weighted by atomic mass is 10.2. The molecule has 0 bridgehead atoms. The van der Waals surface area contributed by atoms with Crippen LogP contribution in [0.1, 0.15) is 0 Å². The molecule has 110 valence electrons. The highest BCUT2D eigenvalue weighted by atomic mass is 79.9. The monoisotopic (exact) mass is 374 g/mol. The first-order chi connectivity index (χ1) is 10.6. The molecule has 1 aromatic heterocycles. The highest BCUT2D eigenvalue weighted by molar-refractivity contribution is 9.10. The van der Waals surface area contributed by atoms with Crippen LogP contribution in [-0.2, 0) is 0 Å². The van der Waals surface area contributed by atoms with Crippen molar-refractivity contribution in [3.05, 3.63) is 53.0 Å². The van der Waals surface area contributed by atoms with E-state index in [0.29, 0.717) is 5.69 Å². The summed E-state index contributed by atoms with van der Waals surface area (Å²) in [4.78, 5) is 2.84. The highest BCUT2D eigenvalue weighted by Crippen LogP contribution is 2.35. The van der Waals surface area contributed by atoms with Gasteiger partial charge in [-0.05, 0) is 36.5 Å². The number of hydrogen-bond acceptors (Lipinski definition) is 3. The third-order valence-corrected chi connectivity index (χ3v) is 3.65. The molecule has 0 radical (unpaired) electrons. The van der Waals surface area contributed by atoms with E-state index in [2.05, 4.69) is 36.5 Å². The predicted octanol–water partition coefficient (Wildman–Crippen LogP) is 5.12. The molecular weight excluding hydrogens is 364 g/mol. The fraction of sp³-hybridized carbons (Fsp3) is 0. The van der Waals surface area contributed by atoms with Gasteiger partial charge in [-0.1, -0.05) is 40.2 Å². The molecule has 1 heterocycles. The van der Waals surface area contributed by atoms with Crippen molar-refractivity contribution in [2.45, 2.75) is 0 Å². The van der Waals surface area contributed by atoms with Crippen molar-refractivity contribution in [1.29, 1.82) is 0 Å². The molecule has 0 saturated heterocycles. The molecule has 0 unspecified atom stereocenters. The van der Waals surface area contributed by atoms with Gasteiger partial charge in [0.2, 0.25) is 11.0 Å². The Kier molecular flexibility index (Phi) is 4.17. The molecule has 5 nitrogen and oxygen atoms in total. The Balaban J connectivity index is 1.81. The second-order valence-electron chi connectivity index (χ2n) is 4.51. The van der Waals surface area contributed by atoms with E-state index < -0.39 is 0 Å². The molecule has 0 atom stereocenters. The number of H-pyrrole nitrogens is 1. The molecule has 0 aliphatic carbocycles. The van der Waals surface area contributed by atoms with Crippen molar-refractivity contribution >= 4 is 55.5 Å². The summed E-state index contributed by atoms with van der Waals surface area (Å²) in [5, 5.41) is 21.8. The summed E-state index contributed by atoms with van der Waals surface area (Å²) in [6, 6.07) is 15.0. The van der Waals surface area contributed by atoms with Crippen molar-refractivity contribution in [3.8, 4) is 5.88 Å². The number of aromatic nitrogens is 1. The Morgan fingerprint density at radius 2 is 2.00 bits per heavy atom. The Labute approximate surface area is 140 Å². The van der Waals surface area contributed by atoms with E-state index in [1.807, 2.05) is 48.5 Å². The molecule has 0 aliphatic heterocycles. The average Bonchev–Trinajstić information content (AvgIpc) is 2.80. The summed E-state index contributed by atoms with van der Waals surface area (Å²) in [5.41, 5.74) is 1.97. The SMILES string of the molecule is Oc1[nH]c2ccccc2c1N=NC(=S)Nc1cccc(Br)c1. The summed E-state index contributed by atoms with van der Waals surface area (Å²) >= 11 is 8.52. The maximum atomic E-state index is 9.89. The Morgan fingerprint density at radius 3 is 2.82 bits per heavy atom. The third kappa shape index (κ3) is 3.15. The molecule has 0 fully saturated rings. The van der Waals surface area contributed by atoms with Gasteiger partial charge in [0.15, 0.2) is 5.69 Å². The average molecular weight is 375 g/mol. The van der Waals surface area contributed by atoms with Crippen LogP contribution in [0.2, 0.25) is 0 Å². The summed E-state index contributed by atoms with van der Waals surface area (Å²) in [7, 11) is 0. The summed E-state index contributed by atoms with van der Waals surface area (Å²) in [6.07, 6.45) is 0. The van der Waals surface area contributed by atoms with Crippen molar-refractivity contribution in [1.82, 2.24) is 4.98 Å². The normalized spacial score (nSPS) is 11.1. The lowest BCUT2D eigenvalue weighted by molar-refractivity contribution is 0.459. The van der Waals surface area contributed by atoms with Gasteiger partial charge in [0.1, 0.15) is 0 Å². The van der Waals surface area contributed by atoms with Crippen LogP contribution in [0.3, 0.4) is 0 Å². The number of para-hydroxylation sites is 1. The Bertz CT molecular complexity index is 875. The molecule has 0 amide bonds. The molecule has 7 heteroatoms. The lowest BCUT2D eigenvalue weighted by Gasteiger charge is -2.02. The number of aromatic hydroxyl groups is 1. The van der Waals surface area contributed by atoms with Gasteiger partial charge in [0, 0.05) is 15.5 Å². The zero-order chi connectivity index (χ0) is 15.5. The summed E-state index contributed by atoms with van der Waals surface area (Å²) in [6.45, 7) is 0. The van der Waals surface area contributed by atoms with Crippen LogP contribution < -0.4 is 5.32 Å². The zero-order valence-corrected chi connectivity index (χ0v) is 13.6. The Morgan fingerprint density at radius 1 is 1.18 bits per heavy atom. The van der Waals surface area contributed by atoms with E-state index in [0.717, 1.165) is 21.1 Å². The maximum absolute atomic E-state index is 9.89. The molecule has 0 aliphatic rings. The number of hydrogen-bond donors (Lipinski definition) is 3. The summed E-state index contributed by atoms with van der Waals surface area (Å²) in [5.74, 6) is -0.0322. The van der Waals surface area contributed by atoms with Gasteiger partial charge < -0.3 is 15.4 Å². The third-order valence-electron chi connectivity index (χ3n) is 2.98. The van der Waals surface area contributed by atoms with E-state index >= 15 is 0 Å². The zero-order valence-electron chi connectivity index (χ0n) is 11.2. The number of aromatic amines is 1. The van der Waals surface area contributed by atoms with Gasteiger partial charge in [-0.15, -0.1) is 10.2 Å². The number of rotatable bonds is 2. The molecule has 3 aromatic rings. The van der Waals surface area contributed by atoms with E-state index in [4.69, 9.17) is 12.2 Å². The topological polar surface area (TPSA) is 72.8 Å². The smallest absolute Gasteiger partial charge is 0.218 e. The minimum atomic E-state index is -0.0322. The standard InChI is InChI=1S/C15H11BrN4OS/c16-9-4-3-5-10(8-9)17-15(22)20-19-13-11-6-1-2-7-12(11)18-14(13)21/h1-8,18,21H,(H,17,22). The summed E-state index contributed by atoms with van der Waals surface area (Å²) < 4.78 is 0.937. The number of thiocarbonyl (C=S) groups is 1. The van der Waals surface area contributed by atoms with Crippen LogP contribution in [0.4, 0.5) is 11.4 Å². The van der Waals surface area contributed by atoms with Crippen molar-refractivity contribution in [2.24, 2.45) is 10.2 Å². The van der Waals surface area contributed by atoms with Gasteiger partial charge in [-0.2, -0.15) is 0 Å². The largest absolute Gasteiger partial charge is 0.493 e. The van der Waals surface area contributed by atoms with E-state index in [-0.39, 0.29) is 11.0 Å². The fourth-order valence-electron chi connectivity index (χ4n) is 2.02. The van der Waals surface area contributed by atoms with Crippen molar-refractivity contribution < 1.29 is 5.11 Å². The number of nitrogens with zero attached hydrogens (tertiary/aromatic N) is 2. The van der Waals surface area contributed by atoms with Crippen LogP contribution in [0.25, 0.3) is 10.9 Å². The van der Waals surface area contributed by atoms with Crippen molar-refractivity contribution in [2.75, 3.05) is 5.32 Å². The quantitative estimate of drug-likeness (QED) is 0.430. The predicted molar refractivity (Wildman–Crippen MR) is 94.8 cm³/mol. The molecular formula is C15H11BrN4OS. The minimum Gasteiger partial charge on any atom is -0.493 e. The number of azo groups is 1. The number of fused-ring (bicyclic) bond motifs is 1. The first kappa shape index (κ1) is 14.7. The first-order valence-corrected chi connectivity index (χ1v) is 7.61. The van der Waals surface area contributed by atoms with Crippen LogP contribution in [-0.4, -0.2) is 15.2 Å². The molecule has 0 spiro atoms. The minimum absolute atomic E-state index is 0.0322. The fourth-order valence-corrected chi connectivity index (χ4v) is 2.58. The Hall–Kier alpha value is -2.25. The number of anilines is 1. The van der Waals surface area contributed by atoms with Gasteiger partial charge in [0.05, 0.1) is 5.52 Å². The molecule has 3 N–H and O–H groups in total. The number of benzene rings is 2.